The van der Waals surface area contributed by atoms with Crippen molar-refractivity contribution >= 4 is 5.78 Å². The van der Waals surface area contributed by atoms with E-state index >= 15 is 0 Å². The van der Waals surface area contributed by atoms with Crippen molar-refractivity contribution in [3.63, 3.8) is 0 Å². The second-order valence-electron chi connectivity index (χ2n) is 8.13. The highest BCUT2D eigenvalue weighted by atomic mass is 35.5. The molecule has 0 spiro atoms. The average Bonchev–Trinajstić information content (AvgIpc) is 2.76. The molecular weight excluding hydrogens is 394 g/mol. The van der Waals surface area contributed by atoms with Gasteiger partial charge in [-0.2, -0.15) is 0 Å². The molecule has 2 rings (SSSR count). The number of carbonyl (C=O) groups excluding carboxylic acids is 1. The topological polar surface area (TPSA) is 53.9 Å². The number of unbranched alkanes of at least 4 members (excludes halogenated alkanes) is 5. The predicted octanol–water partition coefficient (Wildman–Crippen LogP) is 1.85. The second-order valence-corrected chi connectivity index (χ2v) is 8.13. The third-order valence-electron chi connectivity index (χ3n) is 5.64. The van der Waals surface area contributed by atoms with Crippen molar-refractivity contribution in [3.05, 3.63) is 71.3 Å². The van der Waals surface area contributed by atoms with E-state index in [0.717, 1.165) is 17.5 Å². The fourth-order valence-electron chi connectivity index (χ4n) is 3.67. The number of aliphatic hydroxyl groups is 1. The van der Waals surface area contributed by atoms with Gasteiger partial charge in [-0.3, -0.25) is 4.79 Å². The van der Waals surface area contributed by atoms with Crippen molar-refractivity contribution in [2.24, 2.45) is 0 Å². The van der Waals surface area contributed by atoms with Crippen molar-refractivity contribution in [2.45, 2.75) is 77.4 Å². The van der Waals surface area contributed by atoms with Crippen molar-refractivity contribution in [1.29, 1.82) is 0 Å². The Balaban J connectivity index is 0.00000450. The van der Waals surface area contributed by atoms with E-state index in [2.05, 4.69) is 24.4 Å². The molecule has 0 heterocycles. The maximum absolute atomic E-state index is 12.5. The van der Waals surface area contributed by atoms with Crippen LogP contribution in [0.5, 0.6) is 0 Å². The molecule has 2 atom stereocenters. The Labute approximate surface area is 188 Å². The summed E-state index contributed by atoms with van der Waals surface area (Å²) in [5.74, 6) is 0.175. The lowest BCUT2D eigenvalue weighted by atomic mass is 10.0. The Hall–Kier alpha value is -1.68. The van der Waals surface area contributed by atoms with Gasteiger partial charge in [0.1, 0.15) is 12.1 Å². The highest BCUT2D eigenvalue weighted by Gasteiger charge is 2.19. The van der Waals surface area contributed by atoms with Gasteiger partial charge in [-0.1, -0.05) is 93.6 Å². The summed E-state index contributed by atoms with van der Waals surface area (Å²) in [6.07, 6.45) is 8.91. The molecule has 0 aliphatic heterocycles. The van der Waals surface area contributed by atoms with Gasteiger partial charge in [0.25, 0.3) is 0 Å². The third kappa shape index (κ3) is 9.42. The quantitative estimate of drug-likeness (QED) is 0.354. The number of halogens is 1. The lowest BCUT2D eigenvalue weighted by molar-refractivity contribution is -0.693. The highest BCUT2D eigenvalue weighted by molar-refractivity contribution is 5.96. The molecule has 0 bridgehead atoms. The summed E-state index contributed by atoms with van der Waals surface area (Å²) < 4.78 is 0. The standard InChI is InChI=1S/C26H37NO2.ClH/c1-3-4-5-6-7-9-12-22-15-17-23(18-16-22)25(28)19-20-27-21(2)26(29)24-13-10-8-11-14-24;/h8,10-11,13-18,21,26-27,29H,3-7,9,12,19-20H2,1-2H3;1H. The molecule has 0 saturated carbocycles. The first-order chi connectivity index (χ1) is 14.1. The minimum Gasteiger partial charge on any atom is -1.00 e. The van der Waals surface area contributed by atoms with Crippen molar-refractivity contribution in [2.75, 3.05) is 6.54 Å². The molecule has 3 N–H and O–H groups in total. The lowest BCUT2D eigenvalue weighted by Crippen LogP contribution is -3.00. The molecule has 2 aromatic carbocycles. The van der Waals surface area contributed by atoms with E-state index in [1.165, 1.54) is 44.1 Å². The molecule has 3 nitrogen and oxygen atoms in total. The largest absolute Gasteiger partial charge is 1.00 e. The number of hydrogen-bond acceptors (Lipinski definition) is 2. The number of quaternary nitrogens is 1. The average molecular weight is 432 g/mol. The summed E-state index contributed by atoms with van der Waals surface area (Å²) in [6.45, 7) is 4.93. The first kappa shape index (κ1) is 26.4. The smallest absolute Gasteiger partial charge is 0.168 e. The number of benzene rings is 2. The number of aryl methyl sites for hydroxylation is 1. The van der Waals surface area contributed by atoms with E-state index < -0.39 is 6.10 Å². The maximum Gasteiger partial charge on any atom is 0.168 e. The Kier molecular flexibility index (Phi) is 13.3. The summed E-state index contributed by atoms with van der Waals surface area (Å²) in [5, 5.41) is 12.5. The number of nitrogens with two attached hydrogens (primary N) is 1. The fourth-order valence-corrected chi connectivity index (χ4v) is 3.67. The number of Topliss-reactive ketones (excluding diaryl/α,β-unsaturated/α-hetero) is 1. The van der Waals surface area contributed by atoms with E-state index in [1.54, 1.807) is 0 Å². The molecule has 30 heavy (non-hydrogen) atoms. The van der Waals surface area contributed by atoms with Gasteiger partial charge in [-0.25, -0.2) is 0 Å². The Morgan fingerprint density at radius 3 is 2.23 bits per heavy atom. The predicted molar refractivity (Wildman–Crippen MR) is 120 cm³/mol. The minimum absolute atomic E-state index is 0. The van der Waals surface area contributed by atoms with Gasteiger partial charge in [-0.15, -0.1) is 0 Å². The Morgan fingerprint density at radius 2 is 1.57 bits per heavy atom. The monoisotopic (exact) mass is 431 g/mol. The molecule has 2 unspecified atom stereocenters. The van der Waals surface area contributed by atoms with E-state index in [-0.39, 0.29) is 24.2 Å². The Bertz CT molecular complexity index is 703. The summed E-state index contributed by atoms with van der Waals surface area (Å²) in [7, 11) is 0. The van der Waals surface area contributed by atoms with E-state index in [0.29, 0.717) is 13.0 Å². The zero-order valence-corrected chi connectivity index (χ0v) is 19.3. The molecule has 4 heteroatoms. The number of hydrogen-bond donors (Lipinski definition) is 2. The van der Waals surface area contributed by atoms with Gasteiger partial charge in [-0.05, 0) is 30.9 Å². The molecule has 0 fully saturated rings. The molecular formula is C26H38ClNO2. The van der Waals surface area contributed by atoms with E-state index in [1.807, 2.05) is 49.4 Å². The number of ketones is 1. The molecule has 0 aliphatic rings. The van der Waals surface area contributed by atoms with Gasteiger partial charge in [0, 0.05) is 5.56 Å². The van der Waals surface area contributed by atoms with Gasteiger partial charge in [0.15, 0.2) is 5.78 Å². The number of rotatable bonds is 14. The van der Waals surface area contributed by atoms with Crippen LogP contribution in [0.1, 0.15) is 86.4 Å². The first-order valence-electron chi connectivity index (χ1n) is 11.3. The summed E-state index contributed by atoms with van der Waals surface area (Å²) >= 11 is 0. The van der Waals surface area contributed by atoms with Gasteiger partial charge >= 0.3 is 0 Å². The molecule has 0 amide bonds. The third-order valence-corrected chi connectivity index (χ3v) is 5.64. The number of aliphatic hydroxyl groups excluding tert-OH is 1. The second kappa shape index (κ2) is 15.2. The molecule has 0 aliphatic carbocycles. The molecule has 0 aromatic heterocycles. The minimum atomic E-state index is -0.521. The van der Waals surface area contributed by atoms with Crippen molar-refractivity contribution < 1.29 is 27.6 Å². The van der Waals surface area contributed by atoms with Gasteiger partial charge in [0.05, 0.1) is 13.0 Å². The van der Waals surface area contributed by atoms with Crippen LogP contribution >= 0.6 is 0 Å². The van der Waals surface area contributed by atoms with Crippen LogP contribution in [0.3, 0.4) is 0 Å². The summed E-state index contributed by atoms with van der Waals surface area (Å²) in [5.41, 5.74) is 3.04. The van der Waals surface area contributed by atoms with E-state index in [4.69, 9.17) is 0 Å². The van der Waals surface area contributed by atoms with Crippen molar-refractivity contribution in [3.8, 4) is 0 Å². The van der Waals surface area contributed by atoms with E-state index in [9.17, 15) is 9.90 Å². The molecule has 0 saturated heterocycles. The fraction of sp³-hybridized carbons (Fsp3) is 0.500. The summed E-state index contributed by atoms with van der Waals surface area (Å²) in [6, 6.07) is 17.9. The van der Waals surface area contributed by atoms with Crippen LogP contribution in [0.25, 0.3) is 0 Å². The number of carbonyl (C=O) groups is 1. The normalized spacial score (nSPS) is 12.8. The Morgan fingerprint density at radius 1 is 0.933 bits per heavy atom. The van der Waals surface area contributed by atoms with Gasteiger partial charge in [0.2, 0.25) is 0 Å². The molecule has 0 radical (unpaired) electrons. The SMILES string of the molecule is CCCCCCCCc1ccc(C(=O)CC[NH2+]C(C)C(O)c2ccccc2)cc1.[Cl-]. The lowest BCUT2D eigenvalue weighted by Gasteiger charge is -2.17. The maximum atomic E-state index is 12.5. The van der Waals surface area contributed by atoms with Crippen LogP contribution in [0.4, 0.5) is 0 Å². The van der Waals surface area contributed by atoms with Crippen LogP contribution in [-0.4, -0.2) is 23.5 Å². The van der Waals surface area contributed by atoms with Crippen molar-refractivity contribution in [1.82, 2.24) is 0 Å². The highest BCUT2D eigenvalue weighted by Crippen LogP contribution is 2.14. The molecule has 2 aromatic rings. The van der Waals surface area contributed by atoms with Crippen LogP contribution in [0, 0.1) is 0 Å². The van der Waals surface area contributed by atoms with Gasteiger partial charge < -0.3 is 22.8 Å². The van der Waals surface area contributed by atoms with Crippen LogP contribution in [-0.2, 0) is 6.42 Å². The summed E-state index contributed by atoms with van der Waals surface area (Å²) in [4.78, 5) is 12.5. The van der Waals surface area contributed by atoms with Crippen LogP contribution < -0.4 is 17.7 Å². The van der Waals surface area contributed by atoms with Crippen LogP contribution in [0.2, 0.25) is 0 Å². The zero-order chi connectivity index (χ0) is 20.9. The first-order valence-corrected chi connectivity index (χ1v) is 11.3. The zero-order valence-electron chi connectivity index (χ0n) is 18.5. The van der Waals surface area contributed by atoms with Crippen LogP contribution in [0.15, 0.2) is 54.6 Å². The molecule has 166 valence electrons.